The van der Waals surface area contributed by atoms with E-state index in [1.54, 1.807) is 17.6 Å². The third-order valence-corrected chi connectivity index (χ3v) is 19.4. The molecule has 0 aliphatic heterocycles. The molecule has 2 aliphatic rings. The molecule has 0 nitrogen and oxygen atoms in total. The summed E-state index contributed by atoms with van der Waals surface area (Å²) < 4.78 is 3.67. The van der Waals surface area contributed by atoms with E-state index in [-0.39, 0.29) is 35.6 Å². The SMILES string of the molecule is Cc1cc2c(cc1C(C)(C)C)-c1cc(C(C)(C)C)c(C)cc1[CH]2[Zr+2]([C]1=CC=CC1)=[C](c1ccc2ccccc2c1)c1ccc2ccccc2c1.[Cl-].[Cl-]. The Labute approximate surface area is 331 Å². The summed E-state index contributed by atoms with van der Waals surface area (Å²) in [5.41, 5.74) is 14.7. The van der Waals surface area contributed by atoms with E-state index in [1.807, 2.05) is 0 Å². The standard InChI is InChI=1S/C23H29.C21H14.C5H5.2ClH.Zr/c1-14-9-16-11-17-10-15(2)21(23(6,7)8)13-19(17)18(16)12-20(14)22(3,4)5;1-3-7-20-14-16(9-11-18(20)5-1)13-17-10-12-19-6-2-4-8-21(19)15-17;1-2-4-5-3-1;;;/h9-13H,1-8H3;1-12,14-15H;1-3H,4H2;2*1H;/q;;;;;+2/p-2. The maximum Gasteiger partial charge on any atom is -1.00 e. The summed E-state index contributed by atoms with van der Waals surface area (Å²) >= 11 is -2.87. The molecule has 0 saturated carbocycles. The van der Waals surface area contributed by atoms with Gasteiger partial charge in [0.15, 0.2) is 0 Å². The maximum atomic E-state index is 2.61. The first-order valence-corrected chi connectivity index (χ1v) is 22.2. The van der Waals surface area contributed by atoms with Gasteiger partial charge in [-0.3, -0.25) is 0 Å². The minimum atomic E-state index is -2.87. The Kier molecular flexibility index (Phi) is 10.7. The molecule has 0 bridgehead atoms. The number of hydrogen-bond donors (Lipinski definition) is 0. The number of benzene rings is 6. The van der Waals surface area contributed by atoms with E-state index in [4.69, 9.17) is 0 Å². The molecule has 0 N–H and O–H groups in total. The molecule has 6 aromatic carbocycles. The molecular weight excluding hydrogens is 751 g/mol. The zero-order chi connectivity index (χ0) is 34.9. The summed E-state index contributed by atoms with van der Waals surface area (Å²) in [6.07, 6.45) is 8.28. The molecule has 8 rings (SSSR count). The monoisotopic (exact) mass is 796 g/mol. The fraction of sp³-hybridized carbons (Fsp3) is 0.245. The van der Waals surface area contributed by atoms with Crippen LogP contribution in [0, 0.1) is 13.8 Å². The van der Waals surface area contributed by atoms with Crippen LogP contribution in [0.25, 0.3) is 32.7 Å². The van der Waals surface area contributed by atoms with Gasteiger partial charge in [-0.15, -0.1) is 0 Å². The predicted molar refractivity (Wildman–Crippen MR) is 214 cm³/mol. The molecule has 6 aromatic rings. The van der Waals surface area contributed by atoms with Crippen LogP contribution < -0.4 is 24.8 Å². The van der Waals surface area contributed by atoms with Crippen molar-refractivity contribution in [3.63, 3.8) is 0 Å². The van der Waals surface area contributed by atoms with Gasteiger partial charge in [0, 0.05) is 0 Å². The Morgan fingerprint density at radius 3 is 1.40 bits per heavy atom. The van der Waals surface area contributed by atoms with Crippen molar-refractivity contribution >= 4 is 24.8 Å². The molecule has 0 spiro atoms. The molecule has 262 valence electrons. The van der Waals surface area contributed by atoms with Crippen LogP contribution in [0.3, 0.4) is 0 Å². The minimum Gasteiger partial charge on any atom is -1.00 e. The van der Waals surface area contributed by atoms with Crippen LogP contribution in [0.4, 0.5) is 0 Å². The Morgan fingerprint density at radius 2 is 1.00 bits per heavy atom. The molecule has 0 aromatic heterocycles. The molecule has 0 radical (unpaired) electrons. The van der Waals surface area contributed by atoms with Crippen molar-refractivity contribution in [3.05, 3.63) is 175 Å². The van der Waals surface area contributed by atoms with Crippen LogP contribution in [-0.2, 0) is 32.1 Å². The third-order valence-electron chi connectivity index (χ3n) is 11.1. The third kappa shape index (κ3) is 6.79. The average molecular weight is 799 g/mol. The summed E-state index contributed by atoms with van der Waals surface area (Å²) in [7, 11) is 0. The largest absolute Gasteiger partial charge is 1.00 e. The first-order chi connectivity index (χ1) is 23.9. The number of rotatable bonds is 4. The zero-order valence-corrected chi connectivity index (χ0v) is 35.6. The van der Waals surface area contributed by atoms with Crippen molar-refractivity contribution in [2.75, 3.05) is 0 Å². The van der Waals surface area contributed by atoms with Gasteiger partial charge in [0.1, 0.15) is 0 Å². The van der Waals surface area contributed by atoms with Gasteiger partial charge in [0.25, 0.3) is 0 Å². The molecular formula is C49H48Cl2Zr. The van der Waals surface area contributed by atoms with E-state index in [0.717, 1.165) is 6.42 Å². The van der Waals surface area contributed by atoms with Crippen LogP contribution in [0.2, 0.25) is 0 Å². The van der Waals surface area contributed by atoms with E-state index in [2.05, 4.69) is 183 Å². The van der Waals surface area contributed by atoms with E-state index >= 15 is 0 Å². The molecule has 3 heteroatoms. The average Bonchev–Trinajstić information content (AvgIpc) is 3.71. The first-order valence-electron chi connectivity index (χ1n) is 18.3. The van der Waals surface area contributed by atoms with Gasteiger partial charge in [-0.25, -0.2) is 0 Å². The van der Waals surface area contributed by atoms with Crippen LogP contribution >= 0.6 is 0 Å². The molecule has 0 fully saturated rings. The Hall–Kier alpha value is -3.35. The van der Waals surface area contributed by atoms with Crippen LogP contribution in [0.1, 0.15) is 96.1 Å². The van der Waals surface area contributed by atoms with Gasteiger partial charge in [-0.1, -0.05) is 0 Å². The number of aryl methyl sites for hydroxylation is 2. The van der Waals surface area contributed by atoms with Crippen LogP contribution in [-0.4, -0.2) is 3.21 Å². The van der Waals surface area contributed by atoms with Crippen molar-refractivity contribution < 1.29 is 46.1 Å². The van der Waals surface area contributed by atoms with Crippen molar-refractivity contribution in [2.45, 2.75) is 76.3 Å². The van der Waals surface area contributed by atoms with E-state index in [0.29, 0.717) is 3.63 Å². The molecule has 0 heterocycles. The molecule has 52 heavy (non-hydrogen) atoms. The Morgan fingerprint density at radius 1 is 0.558 bits per heavy atom. The Bertz CT molecular complexity index is 2290. The second-order valence-electron chi connectivity index (χ2n) is 16.7. The molecule has 0 saturated heterocycles. The number of halogens is 2. The van der Waals surface area contributed by atoms with E-state index < -0.39 is 21.3 Å². The van der Waals surface area contributed by atoms with Gasteiger partial charge >= 0.3 is 309 Å². The van der Waals surface area contributed by atoms with Gasteiger partial charge in [0.05, 0.1) is 0 Å². The predicted octanol–water partition coefficient (Wildman–Crippen LogP) is 7.01. The van der Waals surface area contributed by atoms with E-state index in [1.165, 1.54) is 66.1 Å². The second kappa shape index (κ2) is 14.5. The summed E-state index contributed by atoms with van der Waals surface area (Å²) in [5.74, 6) is 0. The molecule has 0 unspecified atom stereocenters. The number of fused-ring (bicyclic) bond motifs is 5. The van der Waals surface area contributed by atoms with Crippen molar-refractivity contribution in [1.82, 2.24) is 0 Å². The summed E-state index contributed by atoms with van der Waals surface area (Å²) in [6.45, 7) is 18.9. The quantitative estimate of drug-likeness (QED) is 0.180. The first kappa shape index (κ1) is 38.4. The van der Waals surface area contributed by atoms with E-state index in [9.17, 15) is 0 Å². The minimum absolute atomic E-state index is 0. The van der Waals surface area contributed by atoms with Gasteiger partial charge in [-0.2, -0.15) is 0 Å². The van der Waals surface area contributed by atoms with Crippen molar-refractivity contribution in [2.24, 2.45) is 0 Å². The number of hydrogen-bond acceptors (Lipinski definition) is 0. The molecule has 0 amide bonds. The van der Waals surface area contributed by atoms with Crippen LogP contribution in [0.15, 0.2) is 131 Å². The van der Waals surface area contributed by atoms with Gasteiger partial charge in [0.2, 0.25) is 0 Å². The van der Waals surface area contributed by atoms with Crippen molar-refractivity contribution in [1.29, 1.82) is 0 Å². The summed E-state index contributed by atoms with van der Waals surface area (Å²) in [4.78, 5) is 0. The van der Waals surface area contributed by atoms with Crippen LogP contribution in [0.5, 0.6) is 0 Å². The van der Waals surface area contributed by atoms with Crippen molar-refractivity contribution in [3.8, 4) is 11.1 Å². The smallest absolute Gasteiger partial charge is 1.00 e. The molecule has 0 atom stereocenters. The fourth-order valence-electron chi connectivity index (χ4n) is 8.80. The molecule has 2 aliphatic carbocycles. The van der Waals surface area contributed by atoms with Gasteiger partial charge < -0.3 is 24.8 Å². The normalized spacial score (nSPS) is 13.6. The summed E-state index contributed by atoms with van der Waals surface area (Å²) in [5, 5.41) is 5.22. The Balaban J connectivity index is 0.00000232. The number of allylic oxidation sites excluding steroid dienone is 4. The second-order valence-corrected chi connectivity index (χ2v) is 22.9. The fourth-order valence-corrected chi connectivity index (χ4v) is 17.7. The topological polar surface area (TPSA) is 0 Å². The maximum absolute atomic E-state index is 2.87. The summed E-state index contributed by atoms with van der Waals surface area (Å²) in [6, 6.07) is 42.6. The van der Waals surface area contributed by atoms with Gasteiger partial charge in [-0.05, 0) is 0 Å². The zero-order valence-electron chi connectivity index (χ0n) is 31.7.